The number of anilines is 1. The van der Waals surface area contributed by atoms with Gasteiger partial charge in [-0.05, 0) is 19.3 Å². The van der Waals surface area contributed by atoms with Crippen molar-refractivity contribution in [3.05, 3.63) is 6.33 Å². The molecule has 0 aromatic carbocycles. The largest absolute Gasteiger partial charge is 0.367 e. The Bertz CT molecular complexity index is 524. The van der Waals surface area contributed by atoms with Crippen LogP contribution in [-0.2, 0) is 0 Å². The second-order valence-corrected chi connectivity index (χ2v) is 6.06. The average molecular weight is 297 g/mol. The molecule has 0 atom stereocenters. The fraction of sp³-hybridized carbons (Fsp3) is 0.583. The van der Waals surface area contributed by atoms with Crippen molar-refractivity contribution in [2.75, 3.05) is 37.8 Å². The Morgan fingerprint density at radius 1 is 1.32 bits per heavy atom. The number of thiazole rings is 1. The van der Waals surface area contributed by atoms with Gasteiger partial charge in [-0.1, -0.05) is 25.6 Å². The van der Waals surface area contributed by atoms with Crippen LogP contribution in [0.25, 0.3) is 10.3 Å². The van der Waals surface area contributed by atoms with Gasteiger partial charge in [0.15, 0.2) is 9.99 Å². The lowest BCUT2D eigenvalue weighted by molar-refractivity contribution is 0.316. The van der Waals surface area contributed by atoms with Crippen molar-refractivity contribution in [2.24, 2.45) is 0 Å². The summed E-state index contributed by atoms with van der Waals surface area (Å²) in [6.07, 6.45) is 3.60. The molecule has 0 aliphatic rings. The molecule has 0 bridgehead atoms. The summed E-state index contributed by atoms with van der Waals surface area (Å²) in [4.78, 5) is 15.4. The number of hydrogen-bond acceptors (Lipinski definition) is 7. The van der Waals surface area contributed by atoms with Crippen LogP contribution in [0.4, 0.5) is 5.82 Å². The molecule has 2 rings (SSSR count). The number of hydrogen-bond donors (Lipinski definition) is 1. The molecule has 0 fully saturated rings. The molecule has 7 heteroatoms. The molecule has 0 aliphatic heterocycles. The topological polar surface area (TPSA) is 53.9 Å². The minimum absolute atomic E-state index is 0.787. The van der Waals surface area contributed by atoms with Crippen molar-refractivity contribution in [1.29, 1.82) is 0 Å². The van der Waals surface area contributed by atoms with E-state index in [-0.39, 0.29) is 0 Å². The van der Waals surface area contributed by atoms with Crippen LogP contribution in [0.1, 0.15) is 13.8 Å². The lowest BCUT2D eigenvalue weighted by Crippen LogP contribution is -2.28. The highest BCUT2D eigenvalue weighted by atomic mass is 32.2. The van der Waals surface area contributed by atoms with Crippen molar-refractivity contribution in [2.45, 2.75) is 18.2 Å². The fourth-order valence-corrected chi connectivity index (χ4v) is 3.30. The van der Waals surface area contributed by atoms with Gasteiger partial charge < -0.3 is 10.2 Å². The van der Waals surface area contributed by atoms with Gasteiger partial charge in [-0.2, -0.15) is 0 Å². The number of nitrogens with one attached hydrogen (secondary N) is 1. The predicted octanol–water partition coefficient (Wildman–Crippen LogP) is 2.56. The quantitative estimate of drug-likeness (QED) is 0.793. The minimum atomic E-state index is 0.787. The summed E-state index contributed by atoms with van der Waals surface area (Å²) in [7, 11) is 0. The molecular formula is C12H19N5S2. The van der Waals surface area contributed by atoms with Crippen LogP contribution >= 0.6 is 23.1 Å². The molecule has 0 amide bonds. The van der Waals surface area contributed by atoms with Crippen LogP contribution in [0.15, 0.2) is 10.7 Å². The SMILES string of the molecule is CCN(CC)CCNc1ncnc2nc(SC)sc12. The highest BCUT2D eigenvalue weighted by Gasteiger charge is 2.09. The van der Waals surface area contributed by atoms with Crippen molar-refractivity contribution in [1.82, 2.24) is 19.9 Å². The third-order valence-electron chi connectivity index (χ3n) is 2.96. The van der Waals surface area contributed by atoms with E-state index in [0.717, 1.165) is 46.7 Å². The minimum Gasteiger partial charge on any atom is -0.367 e. The van der Waals surface area contributed by atoms with Gasteiger partial charge in [0.05, 0.1) is 0 Å². The summed E-state index contributed by atoms with van der Waals surface area (Å²) in [5.74, 6) is 0.898. The number of nitrogens with zero attached hydrogens (tertiary/aromatic N) is 4. The third-order valence-corrected chi connectivity index (χ3v) is 5.00. The first kappa shape index (κ1) is 14.5. The van der Waals surface area contributed by atoms with Gasteiger partial charge >= 0.3 is 0 Å². The Labute approximate surface area is 121 Å². The maximum atomic E-state index is 4.45. The van der Waals surface area contributed by atoms with Gasteiger partial charge in [0, 0.05) is 13.1 Å². The van der Waals surface area contributed by atoms with E-state index in [1.807, 2.05) is 6.26 Å². The van der Waals surface area contributed by atoms with Crippen LogP contribution in [0.2, 0.25) is 0 Å². The van der Waals surface area contributed by atoms with Gasteiger partial charge in [-0.3, -0.25) is 0 Å². The highest BCUT2D eigenvalue weighted by Crippen LogP contribution is 2.30. The van der Waals surface area contributed by atoms with Gasteiger partial charge in [-0.25, -0.2) is 15.0 Å². The molecule has 2 aromatic heterocycles. The Kier molecular flexibility index (Phi) is 5.35. The van der Waals surface area contributed by atoms with E-state index in [4.69, 9.17) is 0 Å². The van der Waals surface area contributed by atoms with E-state index in [2.05, 4.69) is 39.0 Å². The van der Waals surface area contributed by atoms with Crippen LogP contribution in [0.3, 0.4) is 0 Å². The normalized spacial score (nSPS) is 11.4. The van der Waals surface area contributed by atoms with Gasteiger partial charge in [-0.15, -0.1) is 11.3 Å². The molecule has 0 radical (unpaired) electrons. The standard InChI is InChI=1S/C12H19N5S2/c1-4-17(5-2)7-6-13-10-9-11(15-8-14-10)16-12(18-3)19-9/h8H,4-7H2,1-3H3,(H,13,14,15). The zero-order chi connectivity index (χ0) is 13.7. The van der Waals surface area contributed by atoms with Crippen LogP contribution < -0.4 is 5.32 Å². The Hall–Kier alpha value is -0.920. The Balaban J connectivity index is 2.05. The number of aromatic nitrogens is 3. The molecule has 5 nitrogen and oxygen atoms in total. The maximum absolute atomic E-state index is 4.45. The zero-order valence-electron chi connectivity index (χ0n) is 11.5. The Morgan fingerprint density at radius 2 is 2.11 bits per heavy atom. The molecule has 0 saturated carbocycles. The van der Waals surface area contributed by atoms with Crippen molar-refractivity contribution >= 4 is 39.3 Å². The van der Waals surface area contributed by atoms with E-state index in [1.54, 1.807) is 29.4 Å². The summed E-state index contributed by atoms with van der Waals surface area (Å²) >= 11 is 3.29. The monoisotopic (exact) mass is 297 g/mol. The number of thioether (sulfide) groups is 1. The maximum Gasteiger partial charge on any atom is 0.176 e. The summed E-state index contributed by atoms with van der Waals surface area (Å²) < 4.78 is 2.08. The highest BCUT2D eigenvalue weighted by molar-refractivity contribution is 8.00. The predicted molar refractivity (Wildman–Crippen MR) is 83.3 cm³/mol. The summed E-state index contributed by atoms with van der Waals surface area (Å²) in [5, 5.41) is 3.39. The molecule has 0 spiro atoms. The van der Waals surface area contributed by atoms with Crippen LogP contribution in [0.5, 0.6) is 0 Å². The van der Waals surface area contributed by atoms with E-state index in [9.17, 15) is 0 Å². The van der Waals surface area contributed by atoms with E-state index in [1.165, 1.54) is 0 Å². The number of fused-ring (bicyclic) bond motifs is 1. The van der Waals surface area contributed by atoms with E-state index >= 15 is 0 Å². The Morgan fingerprint density at radius 3 is 2.79 bits per heavy atom. The first-order chi connectivity index (χ1) is 9.28. The zero-order valence-corrected chi connectivity index (χ0v) is 13.1. The summed E-state index contributed by atoms with van der Waals surface area (Å²) in [6.45, 7) is 8.43. The van der Waals surface area contributed by atoms with Gasteiger partial charge in [0.1, 0.15) is 16.8 Å². The van der Waals surface area contributed by atoms with Gasteiger partial charge in [0.2, 0.25) is 0 Å². The van der Waals surface area contributed by atoms with Crippen LogP contribution in [-0.4, -0.2) is 52.3 Å². The van der Waals surface area contributed by atoms with Crippen molar-refractivity contribution in [3.63, 3.8) is 0 Å². The summed E-state index contributed by atoms with van der Waals surface area (Å²) in [6, 6.07) is 0. The van der Waals surface area contributed by atoms with Crippen LogP contribution in [0, 0.1) is 0 Å². The molecule has 0 saturated heterocycles. The second-order valence-electron chi connectivity index (χ2n) is 4.01. The molecule has 0 aliphatic carbocycles. The molecular weight excluding hydrogens is 278 g/mol. The smallest absolute Gasteiger partial charge is 0.176 e. The average Bonchev–Trinajstić information content (AvgIpc) is 2.87. The number of rotatable bonds is 7. The second kappa shape index (κ2) is 7.02. The lowest BCUT2D eigenvalue weighted by Gasteiger charge is -2.18. The van der Waals surface area contributed by atoms with Gasteiger partial charge in [0.25, 0.3) is 0 Å². The molecule has 104 valence electrons. The third kappa shape index (κ3) is 3.55. The lowest BCUT2D eigenvalue weighted by atomic mass is 10.4. The van der Waals surface area contributed by atoms with E-state index < -0.39 is 0 Å². The first-order valence-electron chi connectivity index (χ1n) is 6.40. The molecule has 1 N–H and O–H groups in total. The molecule has 2 aromatic rings. The summed E-state index contributed by atoms with van der Waals surface area (Å²) in [5.41, 5.74) is 0.787. The fourth-order valence-electron chi connectivity index (χ4n) is 1.82. The van der Waals surface area contributed by atoms with Crippen molar-refractivity contribution < 1.29 is 0 Å². The van der Waals surface area contributed by atoms with Crippen molar-refractivity contribution in [3.8, 4) is 0 Å². The molecule has 19 heavy (non-hydrogen) atoms. The number of likely N-dealkylation sites (N-methyl/N-ethyl adjacent to an activating group) is 1. The van der Waals surface area contributed by atoms with E-state index in [0.29, 0.717) is 0 Å². The molecule has 2 heterocycles. The first-order valence-corrected chi connectivity index (χ1v) is 8.44. The molecule has 0 unspecified atom stereocenters.